The van der Waals surface area contributed by atoms with Crippen LogP contribution in [0.2, 0.25) is 0 Å². The Hall–Kier alpha value is -1.45. The number of rotatable bonds is 1. The first kappa shape index (κ1) is 9.64. The van der Waals surface area contributed by atoms with E-state index < -0.39 is 11.6 Å². The number of carbonyl (C=O) groups is 1. The minimum atomic E-state index is -0.663. The van der Waals surface area contributed by atoms with Crippen molar-refractivity contribution < 1.29 is 13.6 Å². The molecule has 0 aliphatic carbocycles. The van der Waals surface area contributed by atoms with Gasteiger partial charge in [0.05, 0.1) is 0 Å². The Kier molecular flexibility index (Phi) is 2.60. The number of hydrogen-bond donors (Lipinski definition) is 1. The van der Waals surface area contributed by atoms with Gasteiger partial charge in [-0.2, -0.15) is 0 Å². The maximum absolute atomic E-state index is 12.9. The van der Waals surface area contributed by atoms with Crippen LogP contribution in [0.25, 0.3) is 0 Å². The average molecular weight is 185 g/mol. The lowest BCUT2D eigenvalue weighted by Crippen LogP contribution is -2.06. The van der Waals surface area contributed by atoms with Crippen molar-refractivity contribution >= 4 is 11.6 Å². The summed E-state index contributed by atoms with van der Waals surface area (Å²) in [6.07, 6.45) is 0. The van der Waals surface area contributed by atoms with E-state index in [4.69, 9.17) is 0 Å². The summed E-state index contributed by atoms with van der Waals surface area (Å²) in [4.78, 5) is 10.6. The van der Waals surface area contributed by atoms with Crippen molar-refractivity contribution in [2.45, 2.75) is 13.8 Å². The predicted molar refractivity (Wildman–Crippen MR) is 45.4 cm³/mol. The highest BCUT2D eigenvalue weighted by molar-refractivity contribution is 5.88. The third-order valence-corrected chi connectivity index (χ3v) is 1.60. The van der Waals surface area contributed by atoms with E-state index in [0.29, 0.717) is 0 Å². The normalized spacial score (nSPS) is 9.85. The summed E-state index contributed by atoms with van der Waals surface area (Å²) in [6.45, 7) is 2.61. The van der Waals surface area contributed by atoms with Crippen LogP contribution in [0, 0.1) is 18.6 Å². The molecule has 1 amide bonds. The molecule has 0 saturated carbocycles. The van der Waals surface area contributed by atoms with Crippen molar-refractivity contribution in [3.8, 4) is 0 Å². The number of amides is 1. The highest BCUT2D eigenvalue weighted by Crippen LogP contribution is 2.17. The predicted octanol–water partition coefficient (Wildman–Crippen LogP) is 2.23. The number of hydrogen-bond acceptors (Lipinski definition) is 1. The molecule has 0 aliphatic heterocycles. The van der Waals surface area contributed by atoms with Crippen LogP contribution < -0.4 is 5.32 Å². The maximum atomic E-state index is 12.9. The second-order valence-corrected chi connectivity index (χ2v) is 2.75. The SMILES string of the molecule is CC(=O)Nc1cc(F)c(C)c(F)c1. The van der Waals surface area contributed by atoms with Crippen LogP contribution in [0.5, 0.6) is 0 Å². The molecule has 0 atom stereocenters. The summed E-state index contributed by atoms with van der Waals surface area (Å²) in [7, 11) is 0. The lowest BCUT2D eigenvalue weighted by atomic mass is 10.2. The van der Waals surface area contributed by atoms with E-state index in [1.54, 1.807) is 0 Å². The van der Waals surface area contributed by atoms with E-state index in [9.17, 15) is 13.6 Å². The van der Waals surface area contributed by atoms with E-state index in [1.165, 1.54) is 13.8 Å². The highest BCUT2D eigenvalue weighted by Gasteiger charge is 2.06. The molecule has 0 aliphatic rings. The summed E-state index contributed by atoms with van der Waals surface area (Å²) >= 11 is 0. The van der Waals surface area contributed by atoms with E-state index in [0.717, 1.165) is 12.1 Å². The molecule has 1 aromatic rings. The minimum Gasteiger partial charge on any atom is -0.326 e. The number of benzene rings is 1. The lowest BCUT2D eigenvalue weighted by molar-refractivity contribution is -0.114. The third kappa shape index (κ3) is 2.24. The van der Waals surface area contributed by atoms with Crippen LogP contribution in [0.4, 0.5) is 14.5 Å². The van der Waals surface area contributed by atoms with Crippen LogP contribution in [0.15, 0.2) is 12.1 Å². The van der Waals surface area contributed by atoms with Gasteiger partial charge in [0.1, 0.15) is 11.6 Å². The fraction of sp³-hybridized carbons (Fsp3) is 0.222. The maximum Gasteiger partial charge on any atom is 0.221 e. The number of carbonyl (C=O) groups excluding carboxylic acids is 1. The zero-order chi connectivity index (χ0) is 10.0. The molecule has 0 spiro atoms. The molecular weight excluding hydrogens is 176 g/mol. The molecule has 13 heavy (non-hydrogen) atoms. The second-order valence-electron chi connectivity index (χ2n) is 2.75. The molecule has 0 fully saturated rings. The van der Waals surface area contributed by atoms with Gasteiger partial charge in [-0.25, -0.2) is 8.78 Å². The quantitative estimate of drug-likeness (QED) is 0.714. The number of anilines is 1. The smallest absolute Gasteiger partial charge is 0.221 e. The van der Waals surface area contributed by atoms with Crippen LogP contribution in [-0.4, -0.2) is 5.91 Å². The fourth-order valence-electron chi connectivity index (χ4n) is 0.921. The van der Waals surface area contributed by atoms with Gasteiger partial charge in [-0.05, 0) is 19.1 Å². The van der Waals surface area contributed by atoms with Gasteiger partial charge in [-0.1, -0.05) is 0 Å². The Bertz CT molecular complexity index is 326. The Morgan fingerprint density at radius 1 is 1.31 bits per heavy atom. The zero-order valence-corrected chi connectivity index (χ0v) is 7.32. The van der Waals surface area contributed by atoms with Crippen molar-refractivity contribution in [1.82, 2.24) is 0 Å². The first-order valence-electron chi connectivity index (χ1n) is 3.74. The first-order chi connectivity index (χ1) is 6.00. The van der Waals surface area contributed by atoms with Crippen LogP contribution in [-0.2, 0) is 4.79 Å². The van der Waals surface area contributed by atoms with Gasteiger partial charge in [0, 0.05) is 18.2 Å². The van der Waals surface area contributed by atoms with Crippen molar-refractivity contribution in [2.24, 2.45) is 0 Å². The molecule has 4 heteroatoms. The Labute approximate surface area is 74.6 Å². The van der Waals surface area contributed by atoms with E-state index in [2.05, 4.69) is 5.32 Å². The van der Waals surface area contributed by atoms with Gasteiger partial charge in [0.2, 0.25) is 5.91 Å². The second kappa shape index (κ2) is 3.51. The molecule has 1 rings (SSSR count). The average Bonchev–Trinajstić information content (AvgIpc) is 1.98. The molecule has 0 unspecified atom stereocenters. The van der Waals surface area contributed by atoms with Crippen molar-refractivity contribution in [2.75, 3.05) is 5.32 Å². The summed E-state index contributed by atoms with van der Waals surface area (Å²) in [5.41, 5.74) is 0.0854. The lowest BCUT2D eigenvalue weighted by Gasteiger charge is -2.04. The highest BCUT2D eigenvalue weighted by atomic mass is 19.1. The van der Waals surface area contributed by atoms with Gasteiger partial charge >= 0.3 is 0 Å². The number of halogens is 2. The molecule has 0 heterocycles. The van der Waals surface area contributed by atoms with Gasteiger partial charge in [-0.3, -0.25) is 4.79 Å². The summed E-state index contributed by atoms with van der Waals surface area (Å²) in [5.74, 6) is -1.69. The monoisotopic (exact) mass is 185 g/mol. The fourth-order valence-corrected chi connectivity index (χ4v) is 0.921. The van der Waals surface area contributed by atoms with Crippen LogP contribution in [0.1, 0.15) is 12.5 Å². The summed E-state index contributed by atoms with van der Waals surface area (Å²) < 4.78 is 25.8. The molecule has 1 N–H and O–H groups in total. The minimum absolute atomic E-state index is 0.0471. The molecule has 1 aromatic carbocycles. The molecule has 0 bridgehead atoms. The Morgan fingerprint density at radius 3 is 2.15 bits per heavy atom. The van der Waals surface area contributed by atoms with Gasteiger partial charge in [-0.15, -0.1) is 0 Å². The van der Waals surface area contributed by atoms with Crippen molar-refractivity contribution in [3.05, 3.63) is 29.3 Å². The molecule has 2 nitrogen and oxygen atoms in total. The van der Waals surface area contributed by atoms with Gasteiger partial charge in [0.25, 0.3) is 0 Å². The van der Waals surface area contributed by atoms with Gasteiger partial charge < -0.3 is 5.32 Å². The van der Waals surface area contributed by atoms with Crippen LogP contribution >= 0.6 is 0 Å². The zero-order valence-electron chi connectivity index (χ0n) is 7.32. The van der Waals surface area contributed by atoms with Crippen molar-refractivity contribution in [3.63, 3.8) is 0 Å². The molecule has 0 saturated heterocycles. The molecule has 0 radical (unpaired) electrons. The molecule has 0 aromatic heterocycles. The van der Waals surface area contributed by atoms with Gasteiger partial charge in [0.15, 0.2) is 0 Å². The third-order valence-electron chi connectivity index (χ3n) is 1.60. The van der Waals surface area contributed by atoms with E-state index >= 15 is 0 Å². The largest absolute Gasteiger partial charge is 0.326 e. The van der Waals surface area contributed by atoms with Crippen molar-refractivity contribution in [1.29, 1.82) is 0 Å². The standard InChI is InChI=1S/C9H9F2NO/c1-5-8(10)3-7(4-9(5)11)12-6(2)13/h3-4H,1-2H3,(H,12,13). The van der Waals surface area contributed by atoms with Crippen LogP contribution in [0.3, 0.4) is 0 Å². The number of nitrogens with one attached hydrogen (secondary N) is 1. The molecular formula is C9H9F2NO. The summed E-state index contributed by atoms with van der Waals surface area (Å²) in [6, 6.07) is 2.17. The topological polar surface area (TPSA) is 29.1 Å². The Morgan fingerprint density at radius 2 is 1.77 bits per heavy atom. The first-order valence-corrected chi connectivity index (χ1v) is 3.74. The molecule has 70 valence electrons. The summed E-state index contributed by atoms with van der Waals surface area (Å²) in [5, 5.41) is 2.29. The Balaban J connectivity index is 3.06. The van der Waals surface area contributed by atoms with E-state index in [1.807, 2.05) is 0 Å². The van der Waals surface area contributed by atoms with E-state index in [-0.39, 0.29) is 17.2 Å².